The van der Waals surface area contributed by atoms with Gasteiger partial charge in [-0.3, -0.25) is 0 Å². The van der Waals surface area contributed by atoms with Gasteiger partial charge in [0, 0.05) is 11.6 Å². The summed E-state index contributed by atoms with van der Waals surface area (Å²) in [7, 11) is 0. The molecule has 0 saturated heterocycles. The van der Waals surface area contributed by atoms with E-state index in [1.807, 2.05) is 0 Å². The number of carboxylic acids is 2. The zero-order valence-corrected chi connectivity index (χ0v) is 8.58. The summed E-state index contributed by atoms with van der Waals surface area (Å²) in [6.45, 7) is 3.25. The van der Waals surface area contributed by atoms with Crippen molar-refractivity contribution >= 4 is 11.9 Å². The van der Waals surface area contributed by atoms with Crippen LogP contribution in [-0.4, -0.2) is 34.4 Å². The fraction of sp³-hybridized carbons (Fsp3) is 0.500. The number of alkyl halides is 3. The van der Waals surface area contributed by atoms with Gasteiger partial charge in [0.2, 0.25) is 0 Å². The molecule has 94 valence electrons. The first-order valence-electron chi connectivity index (χ1n) is 3.96. The second-order valence-electron chi connectivity index (χ2n) is 2.82. The molecule has 0 radical (unpaired) electrons. The molecule has 0 amide bonds. The first-order chi connectivity index (χ1) is 6.98. The van der Waals surface area contributed by atoms with Crippen LogP contribution in [0, 0.1) is 0 Å². The van der Waals surface area contributed by atoms with Crippen molar-refractivity contribution in [2.75, 3.05) is 0 Å². The monoisotopic (exact) mass is 243 g/mol. The Morgan fingerprint density at radius 3 is 1.69 bits per heavy atom. The summed E-state index contributed by atoms with van der Waals surface area (Å²) < 4.78 is 31.7. The third-order valence-corrected chi connectivity index (χ3v) is 1.09. The van der Waals surface area contributed by atoms with Gasteiger partial charge < -0.3 is 15.9 Å². The number of rotatable bonds is 2. The van der Waals surface area contributed by atoms with Crippen molar-refractivity contribution in [3.63, 3.8) is 0 Å². The summed E-state index contributed by atoms with van der Waals surface area (Å²) in [5.74, 6) is -3.67. The predicted molar refractivity (Wildman–Crippen MR) is 48.7 cm³/mol. The zero-order valence-electron chi connectivity index (χ0n) is 8.58. The second kappa shape index (κ2) is 6.83. The van der Waals surface area contributed by atoms with E-state index in [0.29, 0.717) is 5.57 Å². The van der Waals surface area contributed by atoms with E-state index in [1.165, 1.54) is 13.0 Å². The molecule has 5 nitrogen and oxygen atoms in total. The maximum Gasteiger partial charge on any atom is 0.490 e. The lowest BCUT2D eigenvalue weighted by Gasteiger charge is -1.95. The lowest BCUT2D eigenvalue weighted by Crippen LogP contribution is -2.21. The highest BCUT2D eigenvalue weighted by Crippen LogP contribution is 2.13. The molecule has 0 aromatic rings. The third kappa shape index (κ3) is 10.5. The molecule has 0 saturated carbocycles. The maximum atomic E-state index is 10.6. The van der Waals surface area contributed by atoms with Crippen molar-refractivity contribution in [3.05, 3.63) is 11.6 Å². The summed E-state index contributed by atoms with van der Waals surface area (Å²) >= 11 is 0. The zero-order chi connectivity index (χ0) is 13.5. The molecule has 0 aliphatic heterocycles. The topological polar surface area (TPSA) is 101 Å². The van der Waals surface area contributed by atoms with E-state index in [1.54, 1.807) is 6.92 Å². The Bertz CT molecular complexity index is 283. The molecule has 0 aliphatic carbocycles. The lowest BCUT2D eigenvalue weighted by atomic mass is 10.2. The fourth-order valence-electron chi connectivity index (χ4n) is 0.466. The minimum absolute atomic E-state index is 0.180. The van der Waals surface area contributed by atoms with E-state index in [4.69, 9.17) is 20.7 Å². The van der Waals surface area contributed by atoms with Gasteiger partial charge in [0.15, 0.2) is 0 Å². The maximum absolute atomic E-state index is 10.6. The van der Waals surface area contributed by atoms with E-state index in [2.05, 4.69) is 0 Å². The molecule has 0 aromatic carbocycles. The highest BCUT2D eigenvalue weighted by molar-refractivity contribution is 5.85. The van der Waals surface area contributed by atoms with Gasteiger partial charge in [-0.25, -0.2) is 9.59 Å². The van der Waals surface area contributed by atoms with Crippen LogP contribution in [0.5, 0.6) is 0 Å². The quantitative estimate of drug-likeness (QED) is 0.628. The van der Waals surface area contributed by atoms with Crippen LogP contribution in [-0.2, 0) is 9.59 Å². The van der Waals surface area contributed by atoms with E-state index >= 15 is 0 Å². The van der Waals surface area contributed by atoms with Crippen molar-refractivity contribution in [2.24, 2.45) is 5.73 Å². The summed E-state index contributed by atoms with van der Waals surface area (Å²) in [6, 6.07) is -0.180. The van der Waals surface area contributed by atoms with Gasteiger partial charge in [0.25, 0.3) is 0 Å². The number of nitrogens with two attached hydrogens (primary N) is 1. The third-order valence-electron chi connectivity index (χ3n) is 1.09. The number of carboxylic acid groups (broad SMARTS) is 2. The molecule has 0 aromatic heterocycles. The normalized spacial score (nSPS) is 13.5. The first kappa shape index (κ1) is 16.8. The van der Waals surface area contributed by atoms with Crippen LogP contribution in [0.15, 0.2) is 11.6 Å². The lowest BCUT2D eigenvalue weighted by molar-refractivity contribution is -0.192. The SMILES string of the molecule is C/C(=C\[C@H](C)N)C(=O)O.O=C(O)C(F)(F)F. The molecule has 1 atom stereocenters. The largest absolute Gasteiger partial charge is 0.490 e. The van der Waals surface area contributed by atoms with Gasteiger partial charge >= 0.3 is 18.1 Å². The smallest absolute Gasteiger partial charge is 0.478 e. The number of carbonyl (C=O) groups is 2. The minimum Gasteiger partial charge on any atom is -0.478 e. The Hall–Kier alpha value is -1.57. The summed E-state index contributed by atoms with van der Waals surface area (Å²) in [4.78, 5) is 19.0. The Morgan fingerprint density at radius 1 is 1.31 bits per heavy atom. The van der Waals surface area contributed by atoms with Gasteiger partial charge in [-0.2, -0.15) is 13.2 Å². The highest BCUT2D eigenvalue weighted by atomic mass is 19.4. The van der Waals surface area contributed by atoms with Crippen LogP contribution >= 0.6 is 0 Å². The summed E-state index contributed by atoms with van der Waals surface area (Å²) in [6.07, 6.45) is -3.58. The van der Waals surface area contributed by atoms with Gasteiger partial charge in [-0.15, -0.1) is 0 Å². The van der Waals surface area contributed by atoms with Crippen LogP contribution in [0.25, 0.3) is 0 Å². The molecule has 0 aliphatic rings. The Labute approximate surface area is 89.4 Å². The molecule has 0 fully saturated rings. The number of hydrogen-bond acceptors (Lipinski definition) is 3. The van der Waals surface area contributed by atoms with E-state index in [0.717, 1.165) is 0 Å². The Kier molecular flexibility index (Phi) is 7.19. The van der Waals surface area contributed by atoms with Crippen molar-refractivity contribution in [3.8, 4) is 0 Å². The fourth-order valence-corrected chi connectivity index (χ4v) is 0.466. The summed E-state index contributed by atoms with van der Waals surface area (Å²) in [5.41, 5.74) is 5.59. The van der Waals surface area contributed by atoms with Crippen molar-refractivity contribution < 1.29 is 33.0 Å². The molecule has 16 heavy (non-hydrogen) atoms. The Balaban J connectivity index is 0. The summed E-state index contributed by atoms with van der Waals surface area (Å²) in [5, 5.41) is 15.4. The number of aliphatic carboxylic acids is 2. The molecule has 0 unspecified atom stereocenters. The molecule has 8 heteroatoms. The Morgan fingerprint density at radius 2 is 1.62 bits per heavy atom. The average molecular weight is 243 g/mol. The van der Waals surface area contributed by atoms with Crippen LogP contribution < -0.4 is 5.73 Å². The van der Waals surface area contributed by atoms with Crippen LogP contribution in [0.2, 0.25) is 0 Å². The molecule has 0 heterocycles. The van der Waals surface area contributed by atoms with Gasteiger partial charge in [-0.05, 0) is 13.8 Å². The van der Waals surface area contributed by atoms with Crippen LogP contribution in [0.4, 0.5) is 13.2 Å². The molecule has 0 bridgehead atoms. The van der Waals surface area contributed by atoms with Gasteiger partial charge in [-0.1, -0.05) is 6.08 Å². The van der Waals surface area contributed by atoms with E-state index in [-0.39, 0.29) is 6.04 Å². The van der Waals surface area contributed by atoms with Gasteiger partial charge in [0.1, 0.15) is 0 Å². The van der Waals surface area contributed by atoms with E-state index < -0.39 is 18.1 Å². The minimum atomic E-state index is -5.08. The molecule has 0 spiro atoms. The number of halogens is 3. The van der Waals surface area contributed by atoms with E-state index in [9.17, 15) is 18.0 Å². The van der Waals surface area contributed by atoms with Crippen molar-refractivity contribution in [2.45, 2.75) is 26.1 Å². The van der Waals surface area contributed by atoms with Crippen molar-refractivity contribution in [1.29, 1.82) is 0 Å². The predicted octanol–water partition coefficient (Wildman–Crippen LogP) is 0.998. The molecular weight excluding hydrogens is 231 g/mol. The van der Waals surface area contributed by atoms with Crippen molar-refractivity contribution in [1.82, 2.24) is 0 Å². The first-order valence-corrected chi connectivity index (χ1v) is 3.96. The molecule has 0 rings (SSSR count). The highest BCUT2D eigenvalue weighted by Gasteiger charge is 2.38. The van der Waals surface area contributed by atoms with Crippen LogP contribution in [0.3, 0.4) is 0 Å². The molecular formula is C8H12F3NO4. The second-order valence-corrected chi connectivity index (χ2v) is 2.82. The molecule has 4 N–H and O–H groups in total. The standard InChI is InChI=1S/C6H11NO2.C2HF3O2/c1-4(6(8)9)3-5(2)7;3-2(4,5)1(6)7/h3,5H,7H2,1-2H3,(H,8,9);(H,6,7)/b4-3+;/t5-;/m0./s1. The van der Waals surface area contributed by atoms with Crippen LogP contribution in [0.1, 0.15) is 13.8 Å². The average Bonchev–Trinajstić information content (AvgIpc) is 2.01. The van der Waals surface area contributed by atoms with Gasteiger partial charge in [0.05, 0.1) is 0 Å². The number of hydrogen-bond donors (Lipinski definition) is 3.